The molecule has 3 aromatic carbocycles. The summed E-state index contributed by atoms with van der Waals surface area (Å²) in [5.74, 6) is 0. The molecule has 0 aliphatic carbocycles. The average molecular weight is 335 g/mol. The van der Waals surface area contributed by atoms with Gasteiger partial charge in [-0.3, -0.25) is 4.98 Å². The summed E-state index contributed by atoms with van der Waals surface area (Å²) in [4.78, 5) is 4.62. The standard InChI is InChI=1S/C25H21N/c1-20-17-18-24(19-26-20)25(21-11-5-2-6-12-21,22-13-7-3-8-14-22)23-15-9-4-10-16-23/h2-19H,1H3. The molecule has 0 spiro atoms. The van der Waals surface area contributed by atoms with Gasteiger partial charge in [-0.2, -0.15) is 0 Å². The molecule has 0 saturated heterocycles. The zero-order chi connectivity index (χ0) is 17.8. The third-order valence-electron chi connectivity index (χ3n) is 4.96. The van der Waals surface area contributed by atoms with E-state index in [4.69, 9.17) is 0 Å². The van der Waals surface area contributed by atoms with E-state index in [1.54, 1.807) is 0 Å². The molecule has 1 nitrogen and oxygen atoms in total. The second-order valence-corrected chi connectivity index (χ2v) is 6.54. The molecule has 1 aromatic heterocycles. The van der Waals surface area contributed by atoms with Crippen molar-refractivity contribution in [2.24, 2.45) is 0 Å². The second-order valence-electron chi connectivity index (χ2n) is 6.54. The van der Waals surface area contributed by atoms with E-state index in [1.165, 1.54) is 22.3 Å². The van der Waals surface area contributed by atoms with Gasteiger partial charge in [0.1, 0.15) is 0 Å². The van der Waals surface area contributed by atoms with E-state index >= 15 is 0 Å². The summed E-state index contributed by atoms with van der Waals surface area (Å²) in [7, 11) is 0. The van der Waals surface area contributed by atoms with Gasteiger partial charge in [0.2, 0.25) is 0 Å². The van der Waals surface area contributed by atoms with Crippen molar-refractivity contribution < 1.29 is 0 Å². The Kier molecular flexibility index (Phi) is 4.37. The van der Waals surface area contributed by atoms with Crippen LogP contribution in [0.15, 0.2) is 109 Å². The minimum absolute atomic E-state index is 0.398. The van der Waals surface area contributed by atoms with Gasteiger partial charge in [-0.1, -0.05) is 97.1 Å². The van der Waals surface area contributed by atoms with E-state index < -0.39 is 5.41 Å². The van der Waals surface area contributed by atoms with E-state index in [0.29, 0.717) is 0 Å². The quantitative estimate of drug-likeness (QED) is 0.431. The molecule has 0 aliphatic heterocycles. The Morgan fingerprint density at radius 2 is 0.923 bits per heavy atom. The molecule has 0 aliphatic rings. The van der Waals surface area contributed by atoms with E-state index in [9.17, 15) is 0 Å². The molecular weight excluding hydrogens is 314 g/mol. The molecule has 0 atom stereocenters. The van der Waals surface area contributed by atoms with Crippen LogP contribution in [0.2, 0.25) is 0 Å². The van der Waals surface area contributed by atoms with Crippen LogP contribution in [0.5, 0.6) is 0 Å². The van der Waals surface area contributed by atoms with Crippen molar-refractivity contribution in [2.45, 2.75) is 12.3 Å². The molecule has 0 saturated carbocycles. The zero-order valence-electron chi connectivity index (χ0n) is 14.8. The molecule has 0 N–H and O–H groups in total. The Balaban J connectivity index is 2.12. The highest BCUT2D eigenvalue weighted by molar-refractivity contribution is 5.59. The highest BCUT2D eigenvalue weighted by atomic mass is 14.7. The van der Waals surface area contributed by atoms with Crippen LogP contribution in [-0.2, 0) is 5.41 Å². The predicted molar refractivity (Wildman–Crippen MR) is 107 cm³/mol. The number of nitrogens with zero attached hydrogens (tertiary/aromatic N) is 1. The molecule has 4 rings (SSSR count). The first-order valence-corrected chi connectivity index (χ1v) is 8.91. The molecular formula is C25H21N. The first-order valence-electron chi connectivity index (χ1n) is 8.91. The molecule has 0 radical (unpaired) electrons. The highest BCUT2D eigenvalue weighted by Gasteiger charge is 2.38. The Bertz CT molecular complexity index is 862. The number of hydrogen-bond acceptors (Lipinski definition) is 1. The van der Waals surface area contributed by atoms with Gasteiger partial charge in [0.15, 0.2) is 0 Å². The third-order valence-corrected chi connectivity index (χ3v) is 4.96. The normalized spacial score (nSPS) is 11.3. The summed E-state index contributed by atoms with van der Waals surface area (Å²) in [5.41, 5.74) is 5.52. The van der Waals surface area contributed by atoms with Gasteiger partial charge in [0, 0.05) is 11.9 Å². The van der Waals surface area contributed by atoms with Gasteiger partial charge in [0.25, 0.3) is 0 Å². The first-order chi connectivity index (χ1) is 12.8. The van der Waals surface area contributed by atoms with Crippen LogP contribution in [0.1, 0.15) is 27.9 Å². The third kappa shape index (κ3) is 2.72. The highest BCUT2D eigenvalue weighted by Crippen LogP contribution is 2.44. The summed E-state index contributed by atoms with van der Waals surface area (Å²) in [6.45, 7) is 2.03. The van der Waals surface area contributed by atoms with E-state index in [-0.39, 0.29) is 0 Å². The van der Waals surface area contributed by atoms with Crippen LogP contribution in [-0.4, -0.2) is 4.98 Å². The van der Waals surface area contributed by atoms with Gasteiger partial charge in [-0.05, 0) is 35.2 Å². The Hall–Kier alpha value is -3.19. The molecule has 1 heterocycles. The fraction of sp³-hybridized carbons (Fsp3) is 0.0800. The summed E-state index contributed by atoms with van der Waals surface area (Å²) >= 11 is 0. The molecule has 26 heavy (non-hydrogen) atoms. The number of benzene rings is 3. The van der Waals surface area contributed by atoms with Crippen LogP contribution >= 0.6 is 0 Å². The fourth-order valence-electron chi connectivity index (χ4n) is 3.75. The summed E-state index contributed by atoms with van der Waals surface area (Å²) < 4.78 is 0. The summed E-state index contributed by atoms with van der Waals surface area (Å²) in [5, 5.41) is 0. The number of rotatable bonds is 4. The van der Waals surface area contributed by atoms with Gasteiger partial charge < -0.3 is 0 Å². The van der Waals surface area contributed by atoms with Crippen LogP contribution in [0, 0.1) is 6.92 Å². The lowest BCUT2D eigenvalue weighted by Gasteiger charge is -2.36. The van der Waals surface area contributed by atoms with Crippen LogP contribution < -0.4 is 0 Å². The van der Waals surface area contributed by atoms with Gasteiger partial charge in [-0.25, -0.2) is 0 Å². The molecule has 4 aromatic rings. The zero-order valence-corrected chi connectivity index (χ0v) is 14.8. The van der Waals surface area contributed by atoms with Crippen LogP contribution in [0.4, 0.5) is 0 Å². The largest absolute Gasteiger partial charge is 0.261 e. The van der Waals surface area contributed by atoms with E-state index in [0.717, 1.165) is 5.69 Å². The smallest absolute Gasteiger partial charge is 0.0716 e. The van der Waals surface area contributed by atoms with Crippen molar-refractivity contribution in [2.75, 3.05) is 0 Å². The first kappa shape index (κ1) is 16.3. The number of hydrogen-bond donors (Lipinski definition) is 0. The summed E-state index contributed by atoms with van der Waals surface area (Å²) in [6.07, 6.45) is 2.02. The van der Waals surface area contributed by atoms with E-state index in [2.05, 4.69) is 108 Å². The average Bonchev–Trinajstić information content (AvgIpc) is 2.72. The minimum Gasteiger partial charge on any atom is -0.261 e. The maximum Gasteiger partial charge on any atom is 0.0716 e. The predicted octanol–water partition coefficient (Wildman–Crippen LogP) is 5.77. The topological polar surface area (TPSA) is 12.9 Å². The molecule has 0 bridgehead atoms. The number of aromatic nitrogens is 1. The lowest BCUT2D eigenvalue weighted by Crippen LogP contribution is -2.31. The monoisotopic (exact) mass is 335 g/mol. The lowest BCUT2D eigenvalue weighted by atomic mass is 9.65. The summed E-state index contributed by atoms with van der Waals surface area (Å²) in [6, 6.07) is 36.4. The SMILES string of the molecule is Cc1ccc(C(c2ccccc2)(c2ccccc2)c2ccccc2)cn1. The van der Waals surface area contributed by atoms with E-state index in [1.807, 2.05) is 13.1 Å². The molecule has 0 fully saturated rings. The second kappa shape index (κ2) is 6.97. The van der Waals surface area contributed by atoms with Crippen molar-refractivity contribution >= 4 is 0 Å². The number of aryl methyl sites for hydroxylation is 1. The van der Waals surface area contributed by atoms with Gasteiger partial charge in [-0.15, -0.1) is 0 Å². The molecule has 0 amide bonds. The minimum atomic E-state index is -0.398. The Morgan fingerprint density at radius 1 is 0.500 bits per heavy atom. The van der Waals surface area contributed by atoms with Crippen LogP contribution in [0.25, 0.3) is 0 Å². The van der Waals surface area contributed by atoms with Crippen molar-refractivity contribution in [1.29, 1.82) is 0 Å². The lowest BCUT2D eigenvalue weighted by molar-refractivity contribution is 0.739. The van der Waals surface area contributed by atoms with Gasteiger partial charge in [0.05, 0.1) is 5.41 Å². The van der Waals surface area contributed by atoms with Crippen molar-refractivity contribution in [1.82, 2.24) is 4.98 Å². The molecule has 126 valence electrons. The maximum absolute atomic E-state index is 4.62. The maximum atomic E-state index is 4.62. The van der Waals surface area contributed by atoms with Crippen molar-refractivity contribution in [3.8, 4) is 0 Å². The Morgan fingerprint density at radius 3 is 1.27 bits per heavy atom. The Labute approximate surface area is 155 Å². The van der Waals surface area contributed by atoms with Crippen LogP contribution in [0.3, 0.4) is 0 Å². The van der Waals surface area contributed by atoms with Crippen molar-refractivity contribution in [3.05, 3.63) is 137 Å². The van der Waals surface area contributed by atoms with Gasteiger partial charge >= 0.3 is 0 Å². The van der Waals surface area contributed by atoms with Crippen molar-refractivity contribution in [3.63, 3.8) is 0 Å². The molecule has 1 heteroatoms. The fourth-order valence-corrected chi connectivity index (χ4v) is 3.75. The number of pyridine rings is 1. The molecule has 0 unspecified atom stereocenters.